The fourth-order valence-electron chi connectivity index (χ4n) is 2.56. The van der Waals surface area contributed by atoms with E-state index in [-0.39, 0.29) is 11.6 Å². The number of nitro benzene ring substituents is 1. The summed E-state index contributed by atoms with van der Waals surface area (Å²) in [6, 6.07) is 13.8. The molecule has 0 atom stereocenters. The van der Waals surface area contributed by atoms with Gasteiger partial charge >= 0.3 is 0 Å². The largest absolute Gasteiger partial charge is 0.378 e. The predicted molar refractivity (Wildman–Crippen MR) is 119 cm³/mol. The third-order valence-electron chi connectivity index (χ3n) is 4.06. The maximum atomic E-state index is 12.7. The molecular weight excluding hydrogens is 394 g/mol. The Labute approximate surface area is 172 Å². The Morgan fingerprint density at radius 3 is 2.32 bits per heavy atom. The Morgan fingerprint density at radius 1 is 1.11 bits per heavy atom. The van der Waals surface area contributed by atoms with Gasteiger partial charge in [-0.2, -0.15) is 0 Å². The fraction of sp³-hybridized carbons (Fsp3) is 0.100. The second-order valence-corrected chi connectivity index (χ2v) is 7.83. The van der Waals surface area contributed by atoms with Crippen LogP contribution in [0.25, 0.3) is 6.08 Å². The van der Waals surface area contributed by atoms with Gasteiger partial charge in [-0.25, -0.2) is 0 Å². The van der Waals surface area contributed by atoms with Gasteiger partial charge in [0.05, 0.1) is 15.5 Å². The smallest absolute Gasteiger partial charge is 0.270 e. The number of rotatable bonds is 5. The van der Waals surface area contributed by atoms with Gasteiger partial charge in [0.2, 0.25) is 0 Å². The first-order valence-corrected chi connectivity index (χ1v) is 9.56. The van der Waals surface area contributed by atoms with Gasteiger partial charge in [0.1, 0.15) is 0 Å². The van der Waals surface area contributed by atoms with Crippen molar-refractivity contribution in [2.45, 2.75) is 0 Å². The van der Waals surface area contributed by atoms with Crippen molar-refractivity contribution < 1.29 is 9.72 Å². The Bertz CT molecular complexity index is 981. The minimum Gasteiger partial charge on any atom is -0.378 e. The van der Waals surface area contributed by atoms with E-state index in [0.717, 1.165) is 11.3 Å². The average Bonchev–Trinajstić information content (AvgIpc) is 2.95. The molecule has 1 aliphatic heterocycles. The summed E-state index contributed by atoms with van der Waals surface area (Å²) in [4.78, 5) is 26.9. The SMILES string of the molecule is CN(C)c1ccc(/C=C/C=C2\SC(=S)N(c3ccc([N+](=O)[O-])cc3)C2=O)cc1. The minimum atomic E-state index is -0.482. The molecular formula is C20H17N3O3S2. The van der Waals surface area contributed by atoms with Gasteiger partial charge in [-0.05, 0) is 35.9 Å². The topological polar surface area (TPSA) is 66.7 Å². The molecule has 1 heterocycles. The molecule has 142 valence electrons. The summed E-state index contributed by atoms with van der Waals surface area (Å²) in [5.74, 6) is -0.239. The van der Waals surface area contributed by atoms with Crippen molar-refractivity contribution >= 4 is 57.3 Å². The van der Waals surface area contributed by atoms with Crippen LogP contribution in [0.3, 0.4) is 0 Å². The second-order valence-electron chi connectivity index (χ2n) is 6.16. The zero-order valence-corrected chi connectivity index (χ0v) is 16.9. The van der Waals surface area contributed by atoms with Crippen LogP contribution in [0.1, 0.15) is 5.56 Å². The van der Waals surface area contributed by atoms with E-state index in [4.69, 9.17) is 12.2 Å². The lowest BCUT2D eigenvalue weighted by atomic mass is 10.2. The van der Waals surface area contributed by atoms with Crippen molar-refractivity contribution in [3.8, 4) is 0 Å². The number of anilines is 2. The van der Waals surface area contributed by atoms with Crippen LogP contribution < -0.4 is 9.80 Å². The summed E-state index contributed by atoms with van der Waals surface area (Å²) in [6.45, 7) is 0. The molecule has 1 aliphatic rings. The predicted octanol–water partition coefficient (Wildman–Crippen LogP) is 4.62. The number of nitrogens with zero attached hydrogens (tertiary/aromatic N) is 3. The lowest BCUT2D eigenvalue weighted by Gasteiger charge is -2.13. The van der Waals surface area contributed by atoms with Gasteiger partial charge in [-0.3, -0.25) is 19.8 Å². The number of non-ortho nitro benzene ring substituents is 1. The number of carbonyl (C=O) groups is 1. The average molecular weight is 412 g/mol. The standard InChI is InChI=1S/C20H17N3O3S2/c1-21(2)15-8-6-14(7-9-15)4-3-5-18-19(24)22(20(27)28-18)16-10-12-17(13-11-16)23(25)26/h3-13H,1-2H3/b4-3+,18-5-. The van der Waals surface area contributed by atoms with Crippen LogP contribution in [0.4, 0.5) is 17.1 Å². The first kappa shape index (κ1) is 19.8. The molecule has 1 fully saturated rings. The Kier molecular flexibility index (Phi) is 5.91. The Hall–Kier alpha value is -2.97. The first-order valence-electron chi connectivity index (χ1n) is 8.33. The highest BCUT2D eigenvalue weighted by Crippen LogP contribution is 2.35. The molecule has 0 N–H and O–H groups in total. The second kappa shape index (κ2) is 8.37. The Balaban J connectivity index is 1.74. The zero-order valence-electron chi connectivity index (χ0n) is 15.2. The number of hydrogen-bond acceptors (Lipinski definition) is 6. The van der Waals surface area contributed by atoms with Crippen molar-refractivity contribution in [1.29, 1.82) is 0 Å². The van der Waals surface area contributed by atoms with E-state index in [2.05, 4.69) is 0 Å². The quantitative estimate of drug-likeness (QED) is 0.309. The normalized spacial score (nSPS) is 15.6. The van der Waals surface area contributed by atoms with E-state index < -0.39 is 4.92 Å². The highest BCUT2D eigenvalue weighted by Gasteiger charge is 2.33. The van der Waals surface area contributed by atoms with E-state index in [0.29, 0.717) is 14.9 Å². The summed E-state index contributed by atoms with van der Waals surface area (Å²) in [5, 5.41) is 10.8. The molecule has 0 unspecified atom stereocenters. The third kappa shape index (κ3) is 4.29. The van der Waals surface area contributed by atoms with Crippen molar-refractivity contribution in [2.75, 3.05) is 23.9 Å². The molecule has 0 radical (unpaired) electrons. The van der Waals surface area contributed by atoms with E-state index in [1.54, 1.807) is 6.08 Å². The van der Waals surface area contributed by atoms with Gasteiger partial charge in [0.25, 0.3) is 11.6 Å². The fourth-order valence-corrected chi connectivity index (χ4v) is 3.81. The number of allylic oxidation sites excluding steroid dienone is 2. The number of thiocarbonyl (C=S) groups is 1. The summed E-state index contributed by atoms with van der Waals surface area (Å²) < 4.78 is 0.397. The third-order valence-corrected chi connectivity index (χ3v) is 5.38. The maximum Gasteiger partial charge on any atom is 0.270 e. The van der Waals surface area contributed by atoms with Crippen molar-refractivity contribution in [3.63, 3.8) is 0 Å². The van der Waals surface area contributed by atoms with Gasteiger partial charge in [0.15, 0.2) is 4.32 Å². The van der Waals surface area contributed by atoms with E-state index in [1.165, 1.54) is 40.9 Å². The molecule has 1 saturated heterocycles. The molecule has 8 heteroatoms. The summed E-state index contributed by atoms with van der Waals surface area (Å²) in [5.41, 5.74) is 2.61. The van der Waals surface area contributed by atoms with Crippen LogP contribution in [0, 0.1) is 10.1 Å². The molecule has 1 amide bonds. The molecule has 0 spiro atoms. The number of hydrogen-bond donors (Lipinski definition) is 0. The van der Waals surface area contributed by atoms with Crippen LogP contribution in [0.5, 0.6) is 0 Å². The van der Waals surface area contributed by atoms with Crippen LogP contribution >= 0.6 is 24.0 Å². The summed E-state index contributed by atoms with van der Waals surface area (Å²) in [6.07, 6.45) is 5.45. The summed E-state index contributed by atoms with van der Waals surface area (Å²) >= 11 is 6.51. The monoisotopic (exact) mass is 411 g/mol. The molecule has 6 nitrogen and oxygen atoms in total. The van der Waals surface area contributed by atoms with Crippen LogP contribution in [0.2, 0.25) is 0 Å². The first-order chi connectivity index (χ1) is 13.4. The van der Waals surface area contributed by atoms with E-state index in [1.807, 2.05) is 55.4 Å². The molecule has 28 heavy (non-hydrogen) atoms. The van der Waals surface area contributed by atoms with Crippen LogP contribution in [0.15, 0.2) is 65.6 Å². The molecule has 0 aromatic heterocycles. The van der Waals surface area contributed by atoms with Crippen molar-refractivity contribution in [1.82, 2.24) is 0 Å². The summed E-state index contributed by atoms with van der Waals surface area (Å²) in [7, 11) is 3.97. The number of benzene rings is 2. The number of carbonyl (C=O) groups excluding carboxylic acids is 1. The molecule has 0 saturated carbocycles. The van der Waals surface area contributed by atoms with Gasteiger partial charge in [-0.1, -0.05) is 48.3 Å². The van der Waals surface area contributed by atoms with Gasteiger partial charge in [-0.15, -0.1) is 0 Å². The van der Waals surface area contributed by atoms with Crippen LogP contribution in [-0.2, 0) is 4.79 Å². The Morgan fingerprint density at radius 2 is 1.75 bits per heavy atom. The number of nitro groups is 1. The van der Waals surface area contributed by atoms with Gasteiger partial charge < -0.3 is 4.90 Å². The highest BCUT2D eigenvalue weighted by molar-refractivity contribution is 8.27. The molecule has 2 aromatic carbocycles. The van der Waals surface area contributed by atoms with E-state index >= 15 is 0 Å². The van der Waals surface area contributed by atoms with E-state index in [9.17, 15) is 14.9 Å². The molecule has 0 bridgehead atoms. The number of amides is 1. The molecule has 3 rings (SSSR count). The lowest BCUT2D eigenvalue weighted by molar-refractivity contribution is -0.384. The van der Waals surface area contributed by atoms with Crippen LogP contribution in [-0.4, -0.2) is 29.2 Å². The zero-order chi connectivity index (χ0) is 20.3. The lowest BCUT2D eigenvalue weighted by Crippen LogP contribution is -2.27. The molecule has 2 aromatic rings. The maximum absolute atomic E-state index is 12.7. The highest BCUT2D eigenvalue weighted by atomic mass is 32.2. The van der Waals surface area contributed by atoms with Crippen molar-refractivity contribution in [2.24, 2.45) is 0 Å². The number of thioether (sulfide) groups is 1. The van der Waals surface area contributed by atoms with Gasteiger partial charge in [0, 0.05) is 31.9 Å². The molecule has 0 aliphatic carbocycles. The van der Waals surface area contributed by atoms with Crippen molar-refractivity contribution in [3.05, 3.63) is 81.3 Å². The minimum absolute atomic E-state index is 0.0343.